The zero-order valence-corrected chi connectivity index (χ0v) is 7.27. The minimum atomic E-state index is 0.0694. The number of carbonyl (C=O) groups excluding carboxylic acids is 1. The van der Waals surface area contributed by atoms with Crippen molar-refractivity contribution in [2.45, 2.75) is 5.54 Å². The molecule has 1 atom stereocenters. The normalized spacial score (nSPS) is 12.6. The summed E-state index contributed by atoms with van der Waals surface area (Å²) >= 11 is 0. The van der Waals surface area contributed by atoms with Crippen LogP contribution in [0.3, 0.4) is 0 Å². The number of hydrogen-bond donors (Lipinski definition) is 1. The standard InChI is InChI=1S/C5H11NOSi/c1-3-4(8)5(7)6-2/h3-4H,1H2,2,8H3,(H,6,7). The Kier molecular flexibility index (Phi) is 3.19. The fraction of sp³-hybridized carbons (Fsp3) is 0.400. The maximum Gasteiger partial charge on any atom is 0.222 e. The maximum absolute atomic E-state index is 10.6. The average molecular weight is 129 g/mol. The van der Waals surface area contributed by atoms with E-state index in [2.05, 4.69) is 11.9 Å². The minimum absolute atomic E-state index is 0.0694. The van der Waals surface area contributed by atoms with E-state index >= 15 is 0 Å². The number of hydrogen-bond acceptors (Lipinski definition) is 1. The second-order valence-electron chi connectivity index (χ2n) is 1.64. The molecule has 0 saturated heterocycles. The predicted molar refractivity (Wildman–Crippen MR) is 38.0 cm³/mol. The molecule has 0 rings (SSSR count). The van der Waals surface area contributed by atoms with Crippen LogP contribution >= 0.6 is 0 Å². The smallest absolute Gasteiger partial charge is 0.222 e. The summed E-state index contributed by atoms with van der Waals surface area (Å²) in [7, 11) is 2.49. The molecular formula is C5H11NOSi. The van der Waals surface area contributed by atoms with E-state index < -0.39 is 0 Å². The topological polar surface area (TPSA) is 29.1 Å². The molecule has 0 saturated carbocycles. The predicted octanol–water partition coefficient (Wildman–Crippen LogP) is -0.928. The Labute approximate surface area is 52.4 Å². The van der Waals surface area contributed by atoms with Gasteiger partial charge in [-0.15, -0.1) is 6.58 Å². The van der Waals surface area contributed by atoms with Gasteiger partial charge in [-0.3, -0.25) is 4.79 Å². The molecule has 8 heavy (non-hydrogen) atoms. The second-order valence-corrected chi connectivity index (χ2v) is 2.88. The summed E-state index contributed by atoms with van der Waals surface area (Å²) in [6, 6.07) is 0. The minimum Gasteiger partial charge on any atom is -0.359 e. The van der Waals surface area contributed by atoms with Crippen LogP contribution in [0.1, 0.15) is 0 Å². The first-order chi connectivity index (χ1) is 3.72. The Morgan fingerprint density at radius 3 is 2.62 bits per heavy atom. The van der Waals surface area contributed by atoms with Gasteiger partial charge in [-0.25, -0.2) is 0 Å². The van der Waals surface area contributed by atoms with Gasteiger partial charge in [0.1, 0.15) is 0 Å². The van der Waals surface area contributed by atoms with E-state index in [1.165, 1.54) is 0 Å². The van der Waals surface area contributed by atoms with Crippen molar-refractivity contribution in [1.29, 1.82) is 0 Å². The molecule has 0 aromatic carbocycles. The van der Waals surface area contributed by atoms with Crippen LogP contribution in [-0.2, 0) is 4.79 Å². The Morgan fingerprint density at radius 2 is 2.50 bits per heavy atom. The number of rotatable bonds is 2. The molecule has 2 nitrogen and oxygen atoms in total. The summed E-state index contributed by atoms with van der Waals surface area (Å²) in [5.74, 6) is 0.0756. The fourth-order valence-corrected chi connectivity index (χ4v) is 0.623. The van der Waals surface area contributed by atoms with Gasteiger partial charge in [-0.2, -0.15) is 0 Å². The first kappa shape index (κ1) is 7.43. The number of nitrogens with one attached hydrogen (secondary N) is 1. The molecule has 0 heterocycles. The summed E-state index contributed by atoms with van der Waals surface area (Å²) < 4.78 is 0. The molecule has 0 spiro atoms. The first-order valence-corrected chi connectivity index (χ1v) is 3.72. The van der Waals surface area contributed by atoms with Crippen molar-refractivity contribution in [3.63, 3.8) is 0 Å². The Bertz CT molecular complexity index is 103. The summed E-state index contributed by atoms with van der Waals surface area (Å²) in [6.07, 6.45) is 1.67. The van der Waals surface area contributed by atoms with E-state index in [0.29, 0.717) is 0 Å². The molecule has 3 heteroatoms. The van der Waals surface area contributed by atoms with Gasteiger partial charge in [-0.05, 0) is 0 Å². The number of amides is 1. The van der Waals surface area contributed by atoms with Crippen molar-refractivity contribution in [1.82, 2.24) is 5.32 Å². The molecule has 46 valence electrons. The lowest BCUT2D eigenvalue weighted by atomic mass is 10.4. The van der Waals surface area contributed by atoms with Crippen molar-refractivity contribution >= 4 is 16.1 Å². The summed E-state index contributed by atoms with van der Waals surface area (Å²) in [4.78, 5) is 10.6. The van der Waals surface area contributed by atoms with Crippen LogP contribution in [0.25, 0.3) is 0 Å². The van der Waals surface area contributed by atoms with Crippen LogP contribution in [0, 0.1) is 0 Å². The number of carbonyl (C=O) groups is 1. The molecule has 0 radical (unpaired) electrons. The van der Waals surface area contributed by atoms with Gasteiger partial charge in [0, 0.05) is 22.8 Å². The Hall–Kier alpha value is -0.573. The van der Waals surface area contributed by atoms with Crippen molar-refractivity contribution in [2.24, 2.45) is 0 Å². The van der Waals surface area contributed by atoms with E-state index in [1.54, 1.807) is 13.1 Å². The van der Waals surface area contributed by atoms with Crippen LogP contribution in [0.2, 0.25) is 5.54 Å². The lowest BCUT2D eigenvalue weighted by Gasteiger charge is -2.00. The van der Waals surface area contributed by atoms with Crippen LogP contribution in [0.15, 0.2) is 12.7 Å². The zero-order chi connectivity index (χ0) is 6.57. The van der Waals surface area contributed by atoms with Crippen LogP contribution in [0.4, 0.5) is 0 Å². The summed E-state index contributed by atoms with van der Waals surface area (Å²) in [6.45, 7) is 3.50. The highest BCUT2D eigenvalue weighted by atomic mass is 28.1. The average Bonchev–Trinajstić information content (AvgIpc) is 1.84. The third-order valence-corrected chi connectivity index (χ3v) is 2.01. The van der Waals surface area contributed by atoms with Gasteiger partial charge in [0.15, 0.2) is 0 Å². The van der Waals surface area contributed by atoms with Gasteiger partial charge in [-0.1, -0.05) is 6.08 Å². The van der Waals surface area contributed by atoms with Gasteiger partial charge in [0.25, 0.3) is 0 Å². The molecule has 0 aromatic rings. The van der Waals surface area contributed by atoms with Crippen molar-refractivity contribution in [3.8, 4) is 0 Å². The highest BCUT2D eigenvalue weighted by Gasteiger charge is 2.03. The Morgan fingerprint density at radius 1 is 2.00 bits per heavy atom. The highest BCUT2D eigenvalue weighted by Crippen LogP contribution is 1.95. The molecular weight excluding hydrogens is 118 g/mol. The molecule has 0 aliphatic rings. The van der Waals surface area contributed by atoms with E-state index in [0.717, 1.165) is 10.2 Å². The van der Waals surface area contributed by atoms with Crippen LogP contribution in [-0.4, -0.2) is 23.2 Å². The molecule has 0 aromatic heterocycles. The van der Waals surface area contributed by atoms with Gasteiger partial charge in [0.05, 0.1) is 0 Å². The monoisotopic (exact) mass is 129 g/mol. The molecule has 0 bridgehead atoms. The summed E-state index contributed by atoms with van der Waals surface area (Å²) in [5.41, 5.74) is 0.0694. The lowest BCUT2D eigenvalue weighted by Crippen LogP contribution is -2.21. The molecule has 1 unspecified atom stereocenters. The lowest BCUT2D eigenvalue weighted by molar-refractivity contribution is -0.119. The zero-order valence-electron chi connectivity index (χ0n) is 5.27. The Balaban J connectivity index is 3.62. The van der Waals surface area contributed by atoms with E-state index in [-0.39, 0.29) is 11.4 Å². The third kappa shape index (κ3) is 1.93. The van der Waals surface area contributed by atoms with Gasteiger partial charge >= 0.3 is 0 Å². The molecule has 0 fully saturated rings. The van der Waals surface area contributed by atoms with Gasteiger partial charge in [0.2, 0.25) is 5.91 Å². The van der Waals surface area contributed by atoms with Crippen LogP contribution in [0.5, 0.6) is 0 Å². The fourth-order valence-electron chi connectivity index (χ4n) is 0.335. The van der Waals surface area contributed by atoms with Crippen molar-refractivity contribution < 1.29 is 4.79 Å². The SMILES string of the molecule is C=CC([SiH3])C(=O)NC. The third-order valence-electron chi connectivity index (χ3n) is 1.01. The highest BCUT2D eigenvalue weighted by molar-refractivity contribution is 6.25. The molecule has 0 aliphatic carbocycles. The molecule has 0 aliphatic heterocycles. The van der Waals surface area contributed by atoms with Crippen molar-refractivity contribution in [3.05, 3.63) is 12.7 Å². The van der Waals surface area contributed by atoms with E-state index in [1.807, 2.05) is 0 Å². The van der Waals surface area contributed by atoms with Crippen LogP contribution < -0.4 is 5.32 Å². The largest absolute Gasteiger partial charge is 0.359 e. The summed E-state index contributed by atoms with van der Waals surface area (Å²) in [5, 5.41) is 2.54. The second kappa shape index (κ2) is 3.43. The maximum atomic E-state index is 10.6. The molecule has 1 amide bonds. The quantitative estimate of drug-likeness (QED) is 0.379. The van der Waals surface area contributed by atoms with Crippen molar-refractivity contribution in [2.75, 3.05) is 7.05 Å². The molecule has 1 N–H and O–H groups in total. The van der Waals surface area contributed by atoms with E-state index in [9.17, 15) is 4.79 Å². The first-order valence-electron chi connectivity index (χ1n) is 2.56. The van der Waals surface area contributed by atoms with Gasteiger partial charge < -0.3 is 5.32 Å². The van der Waals surface area contributed by atoms with E-state index in [4.69, 9.17) is 0 Å².